The van der Waals surface area contributed by atoms with Crippen LogP contribution in [0.5, 0.6) is 0 Å². The van der Waals surface area contributed by atoms with Crippen molar-refractivity contribution in [3.8, 4) is 5.69 Å². The highest BCUT2D eigenvalue weighted by atomic mass is 19.1. The van der Waals surface area contributed by atoms with Crippen molar-refractivity contribution >= 4 is 11.7 Å². The van der Waals surface area contributed by atoms with E-state index in [9.17, 15) is 14.0 Å². The van der Waals surface area contributed by atoms with Gasteiger partial charge >= 0.3 is 11.7 Å². The highest BCUT2D eigenvalue weighted by molar-refractivity contribution is 5.77. The lowest BCUT2D eigenvalue weighted by molar-refractivity contribution is -0.150. The molecule has 202 valence electrons. The number of nitrogens with zero attached hydrogens (tertiary/aromatic N) is 4. The number of imidazole rings is 1. The van der Waals surface area contributed by atoms with Gasteiger partial charge in [-0.1, -0.05) is 48.5 Å². The summed E-state index contributed by atoms with van der Waals surface area (Å²) in [7, 11) is 0. The summed E-state index contributed by atoms with van der Waals surface area (Å²) in [5.41, 5.74) is 2.99. The summed E-state index contributed by atoms with van der Waals surface area (Å²) < 4.78 is 22.8. The lowest BCUT2D eigenvalue weighted by Gasteiger charge is -2.39. The molecule has 0 saturated carbocycles. The molecule has 0 aliphatic carbocycles. The molecule has 1 aliphatic heterocycles. The van der Waals surface area contributed by atoms with Gasteiger partial charge in [0.25, 0.3) is 0 Å². The molecule has 0 amide bonds. The summed E-state index contributed by atoms with van der Waals surface area (Å²) in [6.07, 6.45) is 3.41. The predicted octanol–water partition coefficient (Wildman–Crippen LogP) is 4.81. The molecular weight excluding hydrogens is 495 g/mol. The van der Waals surface area contributed by atoms with Gasteiger partial charge in [-0.05, 0) is 49.7 Å². The highest BCUT2D eigenvalue weighted by Crippen LogP contribution is 2.26. The van der Waals surface area contributed by atoms with Gasteiger partial charge in [0.2, 0.25) is 0 Å². The number of anilines is 1. The van der Waals surface area contributed by atoms with Crippen LogP contribution in [0.2, 0.25) is 0 Å². The lowest BCUT2D eigenvalue weighted by atomic mass is 10.0. The number of carbonyl (C=O) groups excluding carboxylic acids is 1. The Bertz CT molecular complexity index is 1460. The molecule has 0 spiro atoms. The third-order valence-corrected chi connectivity index (χ3v) is 7.37. The van der Waals surface area contributed by atoms with Crippen LogP contribution in [0.3, 0.4) is 0 Å². The number of hydrogen-bond donors (Lipinski definition) is 0. The molecule has 0 bridgehead atoms. The van der Waals surface area contributed by atoms with Gasteiger partial charge in [-0.25, -0.2) is 14.0 Å². The second-order valence-corrected chi connectivity index (χ2v) is 9.66. The number of carbonyl (C=O) groups is 1. The predicted molar refractivity (Wildman–Crippen MR) is 150 cm³/mol. The van der Waals surface area contributed by atoms with Crippen molar-refractivity contribution in [2.75, 3.05) is 37.7 Å². The van der Waals surface area contributed by atoms with Crippen LogP contribution in [0, 0.1) is 5.82 Å². The van der Waals surface area contributed by atoms with Crippen LogP contribution in [-0.2, 0) is 9.53 Å². The van der Waals surface area contributed by atoms with Crippen molar-refractivity contribution in [2.24, 2.45) is 0 Å². The molecule has 0 N–H and O–H groups in total. The Kier molecular flexibility index (Phi) is 7.93. The molecule has 8 heteroatoms. The number of halogens is 1. The first-order valence-corrected chi connectivity index (χ1v) is 13.3. The molecular formula is C31H33FN4O3. The number of rotatable bonds is 8. The molecule has 2 unspecified atom stereocenters. The van der Waals surface area contributed by atoms with Crippen molar-refractivity contribution in [1.29, 1.82) is 0 Å². The van der Waals surface area contributed by atoms with Crippen molar-refractivity contribution in [1.82, 2.24) is 14.0 Å². The van der Waals surface area contributed by atoms with E-state index in [0.717, 1.165) is 43.1 Å². The van der Waals surface area contributed by atoms with Gasteiger partial charge < -0.3 is 9.64 Å². The minimum absolute atomic E-state index is 0.219. The topological polar surface area (TPSA) is 59.7 Å². The van der Waals surface area contributed by atoms with Crippen molar-refractivity contribution < 1.29 is 13.9 Å². The van der Waals surface area contributed by atoms with Crippen LogP contribution in [-0.4, -0.2) is 52.8 Å². The Hall–Kier alpha value is -4.17. The summed E-state index contributed by atoms with van der Waals surface area (Å²) in [5, 5.41) is 0. The lowest BCUT2D eigenvalue weighted by Crippen LogP contribution is -2.49. The van der Waals surface area contributed by atoms with E-state index in [1.54, 1.807) is 35.2 Å². The van der Waals surface area contributed by atoms with Crippen LogP contribution < -0.4 is 10.6 Å². The van der Waals surface area contributed by atoms with E-state index in [2.05, 4.69) is 9.80 Å². The molecule has 2 heterocycles. The van der Waals surface area contributed by atoms with E-state index in [1.807, 2.05) is 68.4 Å². The summed E-state index contributed by atoms with van der Waals surface area (Å²) in [6, 6.07) is 23.3. The SMILES string of the molecule is CCOC(=O)C(c1ccccc1)N1CCN(c2ccc(-n3ccn(C(C)c4ccccc4F)c3=O)cc2)CC1. The fraction of sp³-hybridized carbons (Fsp3) is 0.290. The number of benzene rings is 3. The van der Waals surface area contributed by atoms with E-state index in [-0.39, 0.29) is 17.5 Å². The maximum Gasteiger partial charge on any atom is 0.333 e. The van der Waals surface area contributed by atoms with Gasteiger partial charge in [0, 0.05) is 49.8 Å². The first-order valence-electron chi connectivity index (χ1n) is 13.3. The van der Waals surface area contributed by atoms with Crippen molar-refractivity contribution in [3.05, 3.63) is 119 Å². The van der Waals surface area contributed by atoms with Crippen LogP contribution in [0.1, 0.15) is 37.1 Å². The Morgan fingerprint density at radius 1 is 0.872 bits per heavy atom. The Balaban J connectivity index is 1.27. The van der Waals surface area contributed by atoms with Gasteiger partial charge in [0.1, 0.15) is 11.9 Å². The summed E-state index contributed by atoms with van der Waals surface area (Å²) in [4.78, 5) is 30.4. The van der Waals surface area contributed by atoms with Crippen LogP contribution in [0.4, 0.5) is 10.1 Å². The first kappa shape index (κ1) is 26.4. The van der Waals surface area contributed by atoms with Crippen molar-refractivity contribution in [2.45, 2.75) is 25.9 Å². The standard InChI is InChI=1S/C31H33FN4O3/c1-3-39-30(37)29(24-9-5-4-6-10-24)34-19-17-33(18-20-34)25-13-15-26(16-14-25)36-22-21-35(31(36)38)23(2)27-11-7-8-12-28(27)32/h4-16,21-23,29H,3,17-20H2,1-2H3. The number of ether oxygens (including phenoxy) is 1. The molecule has 3 aromatic carbocycles. The van der Waals surface area contributed by atoms with Gasteiger partial charge in [0.05, 0.1) is 18.3 Å². The molecule has 1 saturated heterocycles. The third kappa shape index (κ3) is 5.52. The Labute approximate surface area is 227 Å². The van der Waals surface area contributed by atoms with E-state index >= 15 is 0 Å². The van der Waals surface area contributed by atoms with Crippen LogP contribution in [0.25, 0.3) is 5.69 Å². The molecule has 1 aliphatic rings. The van der Waals surface area contributed by atoms with Gasteiger partial charge in [0.15, 0.2) is 0 Å². The number of aromatic nitrogens is 2. The summed E-state index contributed by atoms with van der Waals surface area (Å²) in [5.74, 6) is -0.547. The quantitative estimate of drug-likeness (QED) is 0.307. The molecule has 5 rings (SSSR count). The minimum atomic E-state index is -0.426. The average Bonchev–Trinajstić information content (AvgIpc) is 3.35. The number of piperazine rings is 1. The molecule has 1 aromatic heterocycles. The number of hydrogen-bond acceptors (Lipinski definition) is 5. The van der Waals surface area contributed by atoms with Gasteiger partial charge in [-0.3, -0.25) is 14.0 Å². The second kappa shape index (κ2) is 11.7. The number of esters is 1. The van der Waals surface area contributed by atoms with Crippen LogP contribution in [0.15, 0.2) is 96.1 Å². The summed E-state index contributed by atoms with van der Waals surface area (Å²) >= 11 is 0. The molecule has 1 fully saturated rings. The van der Waals surface area contributed by atoms with E-state index in [4.69, 9.17) is 4.74 Å². The van der Waals surface area contributed by atoms with Gasteiger partial charge in [-0.15, -0.1) is 0 Å². The van der Waals surface area contributed by atoms with E-state index < -0.39 is 12.1 Å². The van der Waals surface area contributed by atoms with E-state index in [0.29, 0.717) is 12.2 Å². The van der Waals surface area contributed by atoms with E-state index in [1.165, 1.54) is 10.6 Å². The normalized spacial score (nSPS) is 15.6. The van der Waals surface area contributed by atoms with Crippen LogP contribution >= 0.6 is 0 Å². The largest absolute Gasteiger partial charge is 0.465 e. The zero-order valence-corrected chi connectivity index (χ0v) is 22.2. The molecule has 7 nitrogen and oxygen atoms in total. The fourth-order valence-electron chi connectivity index (χ4n) is 5.26. The first-order chi connectivity index (χ1) is 19.0. The second-order valence-electron chi connectivity index (χ2n) is 9.66. The maximum absolute atomic E-state index is 14.3. The maximum atomic E-state index is 14.3. The zero-order valence-electron chi connectivity index (χ0n) is 22.2. The van der Waals surface area contributed by atoms with Crippen molar-refractivity contribution in [3.63, 3.8) is 0 Å². The Morgan fingerprint density at radius 3 is 2.18 bits per heavy atom. The molecule has 4 aromatic rings. The molecule has 2 atom stereocenters. The van der Waals surface area contributed by atoms with Gasteiger partial charge in [-0.2, -0.15) is 0 Å². The molecule has 39 heavy (non-hydrogen) atoms. The smallest absolute Gasteiger partial charge is 0.333 e. The third-order valence-electron chi connectivity index (χ3n) is 7.37. The Morgan fingerprint density at radius 2 is 1.51 bits per heavy atom. The molecule has 0 radical (unpaired) electrons. The average molecular weight is 529 g/mol. The summed E-state index contributed by atoms with van der Waals surface area (Å²) in [6.45, 7) is 6.96. The fourth-order valence-corrected chi connectivity index (χ4v) is 5.26. The monoisotopic (exact) mass is 528 g/mol. The zero-order chi connectivity index (χ0) is 27.4. The highest BCUT2D eigenvalue weighted by Gasteiger charge is 2.31. The minimum Gasteiger partial charge on any atom is -0.465 e.